The van der Waals surface area contributed by atoms with Crippen LogP contribution in [0.25, 0.3) is 0 Å². The standard InChI is InChI=1S/C16H19ClN2O2/c1-20-15-9-13(18)14(10-16(15)21-2)19-8-7-11-3-5-12(17)6-4-11/h3-6,9-10,19H,7-8,18H2,1-2H3. The van der Waals surface area contributed by atoms with Crippen LogP contribution in [0.5, 0.6) is 11.5 Å². The van der Waals surface area contributed by atoms with Gasteiger partial charge in [0.05, 0.1) is 25.6 Å². The van der Waals surface area contributed by atoms with E-state index in [0.29, 0.717) is 17.2 Å². The number of nitrogens with two attached hydrogens (primary N) is 1. The molecule has 4 nitrogen and oxygen atoms in total. The van der Waals surface area contributed by atoms with Crippen molar-refractivity contribution in [3.8, 4) is 11.5 Å². The molecular formula is C16H19ClN2O2. The molecule has 0 aromatic heterocycles. The largest absolute Gasteiger partial charge is 0.493 e. The van der Waals surface area contributed by atoms with Crippen molar-refractivity contribution in [1.29, 1.82) is 0 Å². The van der Waals surface area contributed by atoms with E-state index < -0.39 is 0 Å². The minimum atomic E-state index is 0.623. The number of hydrogen-bond donors (Lipinski definition) is 2. The van der Waals surface area contributed by atoms with Crippen LogP contribution in [0.4, 0.5) is 11.4 Å². The Hall–Kier alpha value is -2.07. The Kier molecular flexibility index (Phi) is 5.17. The van der Waals surface area contributed by atoms with Crippen molar-refractivity contribution in [2.24, 2.45) is 0 Å². The van der Waals surface area contributed by atoms with Gasteiger partial charge >= 0.3 is 0 Å². The predicted octanol–water partition coefficient (Wildman–Crippen LogP) is 3.59. The van der Waals surface area contributed by atoms with Crippen molar-refractivity contribution in [2.75, 3.05) is 31.8 Å². The van der Waals surface area contributed by atoms with E-state index in [2.05, 4.69) is 5.32 Å². The smallest absolute Gasteiger partial charge is 0.162 e. The van der Waals surface area contributed by atoms with Crippen molar-refractivity contribution in [2.45, 2.75) is 6.42 Å². The Balaban J connectivity index is 2.01. The summed E-state index contributed by atoms with van der Waals surface area (Å²) in [6, 6.07) is 11.4. The SMILES string of the molecule is COc1cc(N)c(NCCc2ccc(Cl)cc2)cc1OC. The van der Waals surface area contributed by atoms with Crippen molar-refractivity contribution < 1.29 is 9.47 Å². The molecule has 0 heterocycles. The van der Waals surface area contributed by atoms with Gasteiger partial charge in [0.2, 0.25) is 0 Å². The fourth-order valence-electron chi connectivity index (χ4n) is 2.04. The second-order valence-electron chi connectivity index (χ2n) is 4.60. The molecule has 0 saturated carbocycles. The lowest BCUT2D eigenvalue weighted by Gasteiger charge is -2.14. The topological polar surface area (TPSA) is 56.5 Å². The zero-order chi connectivity index (χ0) is 15.2. The molecule has 0 aliphatic rings. The van der Waals surface area contributed by atoms with Crippen LogP contribution in [0.1, 0.15) is 5.56 Å². The first-order valence-corrected chi connectivity index (χ1v) is 7.01. The van der Waals surface area contributed by atoms with Gasteiger partial charge in [-0.05, 0) is 24.1 Å². The molecular weight excluding hydrogens is 288 g/mol. The van der Waals surface area contributed by atoms with Crippen molar-refractivity contribution in [3.05, 3.63) is 47.0 Å². The lowest BCUT2D eigenvalue weighted by atomic mass is 10.1. The minimum absolute atomic E-state index is 0.623. The highest BCUT2D eigenvalue weighted by molar-refractivity contribution is 6.30. The van der Waals surface area contributed by atoms with Gasteiger partial charge in [-0.25, -0.2) is 0 Å². The van der Waals surface area contributed by atoms with Crippen LogP contribution in [0.3, 0.4) is 0 Å². The molecule has 2 rings (SSSR count). The Labute approximate surface area is 129 Å². The maximum absolute atomic E-state index is 6.00. The Morgan fingerprint density at radius 1 is 1.05 bits per heavy atom. The highest BCUT2D eigenvalue weighted by Crippen LogP contribution is 2.34. The monoisotopic (exact) mass is 306 g/mol. The number of halogens is 1. The average molecular weight is 307 g/mol. The summed E-state index contributed by atoms with van der Waals surface area (Å²) >= 11 is 5.87. The van der Waals surface area contributed by atoms with Crippen LogP contribution in [0.2, 0.25) is 5.02 Å². The van der Waals surface area contributed by atoms with E-state index in [1.807, 2.05) is 30.3 Å². The molecule has 2 aromatic rings. The quantitative estimate of drug-likeness (QED) is 0.801. The number of methoxy groups -OCH3 is 2. The molecule has 0 unspecified atom stereocenters. The van der Waals surface area contributed by atoms with E-state index in [-0.39, 0.29) is 0 Å². The molecule has 0 aliphatic heterocycles. The summed E-state index contributed by atoms with van der Waals surface area (Å²) in [6.07, 6.45) is 0.880. The molecule has 2 aromatic carbocycles. The van der Waals surface area contributed by atoms with Crippen LogP contribution in [0.15, 0.2) is 36.4 Å². The number of hydrogen-bond acceptors (Lipinski definition) is 4. The minimum Gasteiger partial charge on any atom is -0.493 e. The second-order valence-corrected chi connectivity index (χ2v) is 5.03. The van der Waals surface area contributed by atoms with Gasteiger partial charge in [-0.15, -0.1) is 0 Å². The van der Waals surface area contributed by atoms with Crippen molar-refractivity contribution in [1.82, 2.24) is 0 Å². The summed E-state index contributed by atoms with van der Waals surface area (Å²) in [5.74, 6) is 1.28. The molecule has 0 saturated heterocycles. The first kappa shape index (κ1) is 15.3. The maximum atomic E-state index is 6.00. The molecule has 0 radical (unpaired) electrons. The van der Waals surface area contributed by atoms with Gasteiger partial charge in [0, 0.05) is 23.7 Å². The Morgan fingerprint density at radius 2 is 1.67 bits per heavy atom. The summed E-state index contributed by atoms with van der Waals surface area (Å²) in [4.78, 5) is 0. The predicted molar refractivity (Wildman–Crippen MR) is 87.6 cm³/mol. The van der Waals surface area contributed by atoms with Crippen molar-refractivity contribution in [3.63, 3.8) is 0 Å². The summed E-state index contributed by atoms with van der Waals surface area (Å²) in [5, 5.41) is 4.05. The summed E-state index contributed by atoms with van der Waals surface area (Å²) < 4.78 is 10.5. The van der Waals surface area contributed by atoms with Crippen molar-refractivity contribution >= 4 is 23.0 Å². The molecule has 0 aliphatic carbocycles. The maximum Gasteiger partial charge on any atom is 0.162 e. The van der Waals surface area contributed by atoms with Crippen LogP contribution >= 0.6 is 11.6 Å². The van der Waals surface area contributed by atoms with Gasteiger partial charge < -0.3 is 20.5 Å². The van der Waals surface area contributed by atoms with Gasteiger partial charge in [-0.3, -0.25) is 0 Å². The fourth-order valence-corrected chi connectivity index (χ4v) is 2.17. The molecule has 0 atom stereocenters. The van der Waals surface area contributed by atoms with E-state index in [1.54, 1.807) is 20.3 Å². The molecule has 112 valence electrons. The number of ether oxygens (including phenoxy) is 2. The highest BCUT2D eigenvalue weighted by atomic mass is 35.5. The van der Waals surface area contributed by atoms with Gasteiger partial charge in [0.25, 0.3) is 0 Å². The van der Waals surface area contributed by atoms with Gasteiger partial charge in [0.1, 0.15) is 0 Å². The van der Waals surface area contributed by atoms with Gasteiger partial charge in [0.15, 0.2) is 11.5 Å². The van der Waals surface area contributed by atoms with Crippen LogP contribution < -0.4 is 20.5 Å². The van der Waals surface area contributed by atoms with Gasteiger partial charge in [-0.1, -0.05) is 23.7 Å². The number of anilines is 2. The Morgan fingerprint density at radius 3 is 2.29 bits per heavy atom. The zero-order valence-electron chi connectivity index (χ0n) is 12.2. The second kappa shape index (κ2) is 7.09. The third-order valence-corrected chi connectivity index (χ3v) is 3.45. The summed E-state index contributed by atoms with van der Waals surface area (Å²) in [5.41, 5.74) is 8.68. The third-order valence-electron chi connectivity index (χ3n) is 3.20. The van der Waals surface area contributed by atoms with Crippen LogP contribution in [0, 0.1) is 0 Å². The number of benzene rings is 2. The zero-order valence-corrected chi connectivity index (χ0v) is 12.9. The number of nitrogen functional groups attached to an aromatic ring is 1. The molecule has 0 bridgehead atoms. The first-order valence-electron chi connectivity index (χ1n) is 6.64. The van der Waals surface area contributed by atoms with Gasteiger partial charge in [-0.2, -0.15) is 0 Å². The fraction of sp³-hybridized carbons (Fsp3) is 0.250. The van der Waals surface area contributed by atoms with E-state index in [4.69, 9.17) is 26.8 Å². The molecule has 5 heteroatoms. The van der Waals surface area contributed by atoms with E-state index in [0.717, 1.165) is 23.7 Å². The van der Waals surface area contributed by atoms with E-state index >= 15 is 0 Å². The number of nitrogens with one attached hydrogen (secondary N) is 1. The lowest BCUT2D eigenvalue weighted by molar-refractivity contribution is 0.355. The molecule has 0 fully saturated rings. The Bertz CT molecular complexity index is 600. The average Bonchev–Trinajstić information content (AvgIpc) is 2.50. The lowest BCUT2D eigenvalue weighted by Crippen LogP contribution is -2.07. The third kappa shape index (κ3) is 3.95. The summed E-state index contributed by atoms with van der Waals surface area (Å²) in [7, 11) is 3.19. The first-order chi connectivity index (χ1) is 10.1. The molecule has 0 spiro atoms. The van der Waals surface area contributed by atoms with E-state index in [1.165, 1.54) is 5.56 Å². The molecule has 21 heavy (non-hydrogen) atoms. The normalized spacial score (nSPS) is 10.2. The van der Waals surface area contributed by atoms with Crippen LogP contribution in [-0.2, 0) is 6.42 Å². The molecule has 3 N–H and O–H groups in total. The molecule has 0 amide bonds. The highest BCUT2D eigenvalue weighted by Gasteiger charge is 2.08. The number of rotatable bonds is 6. The van der Waals surface area contributed by atoms with E-state index in [9.17, 15) is 0 Å². The van der Waals surface area contributed by atoms with Crippen LogP contribution in [-0.4, -0.2) is 20.8 Å². The summed E-state index contributed by atoms with van der Waals surface area (Å²) in [6.45, 7) is 0.765.